The zero-order valence-corrected chi connectivity index (χ0v) is 20.2. The average Bonchev–Trinajstić information content (AvgIpc) is 2.71. The largest absolute Gasteiger partial charge is 0.379 e. The molecule has 1 aliphatic rings. The number of ether oxygens (including phenoxy) is 1. The number of rotatable bonds is 9. The number of carbonyl (C=O) groups excluding carboxylic acids is 1. The third kappa shape index (κ3) is 10.3. The van der Waals surface area contributed by atoms with Crippen molar-refractivity contribution in [2.24, 2.45) is 4.99 Å². The zero-order chi connectivity index (χ0) is 20.2. The number of hydrogen-bond donors (Lipinski definition) is 3. The van der Waals surface area contributed by atoms with Crippen LogP contribution in [0.5, 0.6) is 0 Å². The fourth-order valence-corrected chi connectivity index (χ4v) is 2.88. The molecule has 0 bridgehead atoms. The molecule has 7 nitrogen and oxygen atoms in total. The van der Waals surface area contributed by atoms with E-state index in [2.05, 4.69) is 46.6 Å². The first-order valence-electron chi connectivity index (χ1n) is 10.3. The molecular weight excluding hydrogens is 481 g/mol. The molecule has 0 radical (unpaired) electrons. The first-order chi connectivity index (χ1) is 13.6. The Hall–Kier alpha value is -1.39. The van der Waals surface area contributed by atoms with E-state index in [1.165, 1.54) is 0 Å². The summed E-state index contributed by atoms with van der Waals surface area (Å²) in [5.41, 5.74) is 1.88. The molecule has 1 atom stereocenters. The molecule has 1 fully saturated rings. The number of carbonyl (C=O) groups is 1. The maximum Gasteiger partial charge on any atom is 0.225 e. The van der Waals surface area contributed by atoms with Crippen LogP contribution >= 0.6 is 24.0 Å². The summed E-state index contributed by atoms with van der Waals surface area (Å²) >= 11 is 0. The molecule has 8 heteroatoms. The Morgan fingerprint density at radius 3 is 2.72 bits per heavy atom. The SMILES string of the molecule is CCNC(=NCc1cccc(NC(=O)CCN2CCOCC2)c1)NC(C)CC.I. The molecule has 164 valence electrons. The molecule has 29 heavy (non-hydrogen) atoms. The Morgan fingerprint density at radius 2 is 2.03 bits per heavy atom. The summed E-state index contributed by atoms with van der Waals surface area (Å²) in [4.78, 5) is 19.2. The molecule has 0 aliphatic carbocycles. The number of anilines is 1. The number of aliphatic imine (C=N–C) groups is 1. The van der Waals surface area contributed by atoms with Crippen molar-refractivity contribution in [1.82, 2.24) is 15.5 Å². The lowest BCUT2D eigenvalue weighted by Gasteiger charge is -2.26. The number of morpholine rings is 1. The minimum atomic E-state index is 0. The summed E-state index contributed by atoms with van der Waals surface area (Å²) in [6.07, 6.45) is 1.53. The van der Waals surface area contributed by atoms with Gasteiger partial charge in [0.15, 0.2) is 5.96 Å². The lowest BCUT2D eigenvalue weighted by atomic mass is 10.2. The van der Waals surface area contributed by atoms with Gasteiger partial charge in [0.05, 0.1) is 19.8 Å². The first kappa shape index (κ1) is 25.6. The monoisotopic (exact) mass is 517 g/mol. The second-order valence-corrected chi connectivity index (χ2v) is 7.10. The number of nitrogens with zero attached hydrogens (tertiary/aromatic N) is 2. The van der Waals surface area contributed by atoms with Crippen molar-refractivity contribution in [3.05, 3.63) is 29.8 Å². The van der Waals surface area contributed by atoms with Crippen molar-refractivity contribution in [2.75, 3.05) is 44.7 Å². The van der Waals surface area contributed by atoms with Crippen LogP contribution in [0.2, 0.25) is 0 Å². The van der Waals surface area contributed by atoms with Gasteiger partial charge in [-0.25, -0.2) is 4.99 Å². The molecule has 0 aromatic heterocycles. The van der Waals surface area contributed by atoms with E-state index in [0.717, 1.165) is 63.0 Å². The van der Waals surface area contributed by atoms with Gasteiger partial charge in [0.25, 0.3) is 0 Å². The number of halogens is 1. The van der Waals surface area contributed by atoms with Crippen molar-refractivity contribution in [2.45, 2.75) is 46.2 Å². The van der Waals surface area contributed by atoms with Crippen LogP contribution in [-0.2, 0) is 16.1 Å². The predicted molar refractivity (Wildman–Crippen MR) is 130 cm³/mol. The van der Waals surface area contributed by atoms with Gasteiger partial charge in [-0.3, -0.25) is 9.69 Å². The fraction of sp³-hybridized carbons (Fsp3) is 0.619. The van der Waals surface area contributed by atoms with Crippen LogP contribution in [0.3, 0.4) is 0 Å². The Kier molecular flexibility index (Phi) is 12.9. The summed E-state index contributed by atoms with van der Waals surface area (Å²) < 4.78 is 5.34. The van der Waals surface area contributed by atoms with Crippen LogP contribution in [0.25, 0.3) is 0 Å². The van der Waals surface area contributed by atoms with Gasteiger partial charge in [0, 0.05) is 44.3 Å². The standard InChI is InChI=1S/C21H35N5O2.HI/c1-4-17(3)24-21(22-5-2)23-16-18-7-6-8-19(15-18)25-20(27)9-10-26-11-13-28-14-12-26;/h6-8,15,17H,4-5,9-14,16H2,1-3H3,(H,25,27)(H2,22,23,24);1H. The van der Waals surface area contributed by atoms with Crippen molar-refractivity contribution in [3.63, 3.8) is 0 Å². The summed E-state index contributed by atoms with van der Waals surface area (Å²) in [5.74, 6) is 0.857. The predicted octanol–water partition coefficient (Wildman–Crippen LogP) is 2.82. The molecule has 1 heterocycles. The van der Waals surface area contributed by atoms with Crippen molar-refractivity contribution < 1.29 is 9.53 Å². The quantitative estimate of drug-likeness (QED) is 0.267. The zero-order valence-electron chi connectivity index (χ0n) is 17.9. The number of guanidine groups is 1. The van der Waals surface area contributed by atoms with Gasteiger partial charge in [-0.1, -0.05) is 19.1 Å². The van der Waals surface area contributed by atoms with E-state index in [1.807, 2.05) is 24.3 Å². The van der Waals surface area contributed by atoms with Gasteiger partial charge in [0.2, 0.25) is 5.91 Å². The second kappa shape index (κ2) is 14.6. The summed E-state index contributed by atoms with van der Waals surface area (Å²) in [7, 11) is 0. The van der Waals surface area contributed by atoms with Crippen LogP contribution < -0.4 is 16.0 Å². The highest BCUT2D eigenvalue weighted by atomic mass is 127. The minimum Gasteiger partial charge on any atom is -0.379 e. The molecule has 1 aromatic carbocycles. The van der Waals surface area contributed by atoms with Gasteiger partial charge >= 0.3 is 0 Å². The number of amides is 1. The third-order valence-corrected chi connectivity index (χ3v) is 4.73. The van der Waals surface area contributed by atoms with Crippen molar-refractivity contribution in [1.29, 1.82) is 0 Å². The highest BCUT2D eigenvalue weighted by Gasteiger charge is 2.12. The topological polar surface area (TPSA) is 78.0 Å². The number of hydrogen-bond acceptors (Lipinski definition) is 4. The fourth-order valence-electron chi connectivity index (χ4n) is 2.88. The van der Waals surface area contributed by atoms with E-state index in [4.69, 9.17) is 4.74 Å². The summed E-state index contributed by atoms with van der Waals surface area (Å²) in [6.45, 7) is 11.8. The van der Waals surface area contributed by atoms with Gasteiger partial charge in [-0.2, -0.15) is 0 Å². The highest BCUT2D eigenvalue weighted by molar-refractivity contribution is 14.0. The average molecular weight is 517 g/mol. The number of nitrogens with one attached hydrogen (secondary N) is 3. The molecular formula is C21H36IN5O2. The summed E-state index contributed by atoms with van der Waals surface area (Å²) in [5, 5.41) is 9.66. The Labute approximate surface area is 192 Å². The highest BCUT2D eigenvalue weighted by Crippen LogP contribution is 2.12. The summed E-state index contributed by atoms with van der Waals surface area (Å²) in [6, 6.07) is 8.26. The van der Waals surface area contributed by atoms with E-state index >= 15 is 0 Å². The lowest BCUT2D eigenvalue weighted by Crippen LogP contribution is -2.41. The van der Waals surface area contributed by atoms with E-state index in [1.54, 1.807) is 0 Å². The Morgan fingerprint density at radius 1 is 1.28 bits per heavy atom. The third-order valence-electron chi connectivity index (χ3n) is 4.73. The van der Waals surface area contributed by atoms with Gasteiger partial charge in [0.1, 0.15) is 0 Å². The molecule has 1 amide bonds. The lowest BCUT2D eigenvalue weighted by molar-refractivity contribution is -0.116. The van der Waals surface area contributed by atoms with E-state index in [9.17, 15) is 4.79 Å². The molecule has 1 saturated heterocycles. The molecule has 0 saturated carbocycles. The van der Waals surface area contributed by atoms with Crippen LogP contribution in [0.15, 0.2) is 29.3 Å². The maximum atomic E-state index is 12.3. The van der Waals surface area contributed by atoms with Gasteiger partial charge < -0.3 is 20.7 Å². The molecule has 0 spiro atoms. The first-order valence-corrected chi connectivity index (χ1v) is 10.3. The molecule has 3 N–H and O–H groups in total. The Balaban J connectivity index is 0.00000420. The minimum absolute atomic E-state index is 0. The number of benzene rings is 1. The van der Waals surface area contributed by atoms with Crippen LogP contribution in [0.4, 0.5) is 5.69 Å². The molecule has 2 rings (SSSR count). The van der Waals surface area contributed by atoms with Crippen LogP contribution in [0, 0.1) is 0 Å². The van der Waals surface area contributed by atoms with Crippen LogP contribution in [-0.4, -0.2) is 62.2 Å². The molecule has 1 aromatic rings. The van der Waals surface area contributed by atoms with Crippen molar-refractivity contribution >= 4 is 41.5 Å². The van der Waals surface area contributed by atoms with E-state index < -0.39 is 0 Å². The smallest absolute Gasteiger partial charge is 0.225 e. The normalized spacial score (nSPS) is 15.9. The van der Waals surface area contributed by atoms with Gasteiger partial charge in [-0.05, 0) is 38.0 Å². The van der Waals surface area contributed by atoms with Crippen molar-refractivity contribution in [3.8, 4) is 0 Å². The molecule has 1 aliphatic heterocycles. The molecule has 1 unspecified atom stereocenters. The van der Waals surface area contributed by atoms with Crippen LogP contribution in [0.1, 0.15) is 39.2 Å². The van der Waals surface area contributed by atoms with E-state index in [-0.39, 0.29) is 29.9 Å². The van der Waals surface area contributed by atoms with Gasteiger partial charge in [-0.15, -0.1) is 24.0 Å². The second-order valence-electron chi connectivity index (χ2n) is 7.10. The van der Waals surface area contributed by atoms with E-state index in [0.29, 0.717) is 19.0 Å². The maximum absolute atomic E-state index is 12.3. The Bertz CT molecular complexity index is 635.